The van der Waals surface area contributed by atoms with Gasteiger partial charge in [-0.2, -0.15) is 0 Å². The topological polar surface area (TPSA) is 26.3 Å². The van der Waals surface area contributed by atoms with Crippen LogP contribution in [0.2, 0.25) is 0 Å². The van der Waals surface area contributed by atoms with Crippen LogP contribution in [0.4, 0.5) is 0 Å². The van der Waals surface area contributed by atoms with Gasteiger partial charge < -0.3 is 21.7 Å². The third-order valence-electron chi connectivity index (χ3n) is 11.7. The van der Waals surface area contributed by atoms with Gasteiger partial charge in [0.1, 0.15) is 70.0 Å². The van der Waals surface area contributed by atoms with Crippen molar-refractivity contribution in [1.82, 2.24) is 0 Å². The number of para-hydroxylation sites is 2. The van der Waals surface area contributed by atoms with Crippen LogP contribution in [0.5, 0.6) is 0 Å². The van der Waals surface area contributed by atoms with Crippen molar-refractivity contribution < 1.29 is 53.6 Å². The van der Waals surface area contributed by atoms with Crippen molar-refractivity contribution in [1.29, 1.82) is 0 Å². The van der Waals surface area contributed by atoms with Gasteiger partial charge in [-0.25, -0.2) is 0 Å². The first-order chi connectivity index (χ1) is 32.6. The summed E-state index contributed by atoms with van der Waals surface area (Å²) in [5.74, 6) is 4.74. The summed E-state index contributed by atoms with van der Waals surface area (Å²) in [6.45, 7) is 0. The molecule has 12 aromatic rings. The summed E-state index contributed by atoms with van der Waals surface area (Å²) in [6, 6.07) is 85.5. The average Bonchev–Trinajstić information content (AvgIpc) is 3.96. The molecule has 68 heavy (non-hydrogen) atoms. The molecule has 12 rings (SSSR count). The molecular formula is C62H42Au2O2P2+2. The molecule has 6 heteroatoms. The van der Waals surface area contributed by atoms with E-state index < -0.39 is 15.8 Å². The van der Waals surface area contributed by atoms with Crippen LogP contribution in [0.1, 0.15) is 11.1 Å². The van der Waals surface area contributed by atoms with Gasteiger partial charge in [-0.3, -0.25) is 11.8 Å². The third kappa shape index (κ3) is 10.3. The zero-order valence-electron chi connectivity index (χ0n) is 36.5. The van der Waals surface area contributed by atoms with Crippen molar-refractivity contribution in [2.24, 2.45) is 0 Å². The molecule has 0 unspecified atom stereocenters. The number of benzene rings is 10. The Kier molecular flexibility index (Phi) is 15.9. The van der Waals surface area contributed by atoms with Crippen molar-refractivity contribution in [2.45, 2.75) is 0 Å². The molecule has 0 fully saturated rings. The van der Waals surface area contributed by atoms with Gasteiger partial charge in [-0.1, -0.05) is 146 Å². The average molecular weight is 1270 g/mol. The minimum absolute atomic E-state index is 0. The van der Waals surface area contributed by atoms with Crippen LogP contribution in [-0.2, 0) is 44.8 Å². The molecule has 2 nitrogen and oxygen atoms in total. The fourth-order valence-electron chi connectivity index (χ4n) is 8.64. The summed E-state index contributed by atoms with van der Waals surface area (Å²) in [5.41, 5.74) is 4.95. The molecule has 2 heterocycles. The van der Waals surface area contributed by atoms with E-state index in [0.717, 1.165) is 55.0 Å². The van der Waals surface area contributed by atoms with Crippen LogP contribution < -0.4 is 31.8 Å². The van der Waals surface area contributed by atoms with Gasteiger partial charge in [0.05, 0.1) is 0 Å². The fourth-order valence-corrected chi connectivity index (χ4v) is 14.7. The molecule has 0 saturated carbocycles. The minimum Gasteiger partial charge on any atom is -0.458 e. The maximum atomic E-state index is 7.10. The predicted molar refractivity (Wildman–Crippen MR) is 284 cm³/mol. The summed E-state index contributed by atoms with van der Waals surface area (Å²) in [7, 11) is -2.46. The van der Waals surface area contributed by atoms with E-state index in [0.29, 0.717) is 0 Å². The van der Waals surface area contributed by atoms with Crippen LogP contribution in [0.25, 0.3) is 54.6 Å². The Morgan fingerprint density at radius 1 is 0.294 bits per heavy atom. The Morgan fingerprint density at radius 2 is 0.632 bits per heavy atom. The fraction of sp³-hybridized carbons (Fsp3) is 0. The van der Waals surface area contributed by atoms with Crippen LogP contribution in [0.3, 0.4) is 0 Å². The van der Waals surface area contributed by atoms with Crippen LogP contribution in [-0.4, -0.2) is 0 Å². The summed E-state index contributed by atoms with van der Waals surface area (Å²) >= 11 is 0. The second-order valence-electron chi connectivity index (χ2n) is 15.8. The molecular weight excluding hydrogens is 1230 g/mol. The molecule has 0 N–H and O–H groups in total. The molecule has 10 aromatic carbocycles. The van der Waals surface area contributed by atoms with E-state index in [9.17, 15) is 0 Å². The van der Waals surface area contributed by atoms with Crippen molar-refractivity contribution >= 4 is 102 Å². The second-order valence-corrected chi connectivity index (χ2v) is 20.7. The molecule has 332 valence electrons. The van der Waals surface area contributed by atoms with E-state index in [1.54, 1.807) is 0 Å². The quantitative estimate of drug-likeness (QED) is 0.0718. The maximum Gasteiger partial charge on any atom is 1.00 e. The van der Waals surface area contributed by atoms with E-state index >= 15 is 0 Å². The summed E-state index contributed by atoms with van der Waals surface area (Å²) in [4.78, 5) is 0. The van der Waals surface area contributed by atoms with E-state index in [2.05, 4.69) is 170 Å². The van der Waals surface area contributed by atoms with Gasteiger partial charge in [-0.15, -0.1) is 29.3 Å². The van der Waals surface area contributed by atoms with Crippen LogP contribution >= 0.6 is 15.8 Å². The molecule has 0 saturated heterocycles. The molecule has 0 atom stereocenters. The van der Waals surface area contributed by atoms with E-state index in [1.165, 1.54) is 42.6 Å². The number of hydrogen-bond acceptors (Lipinski definition) is 2. The SMILES string of the molecule is [Au+].[Au+].[C-]#Cc1ccc2c(c1)oc1ccccc12.[C-]#Cc1ccc2oc3ccccc3c2c1.c1ccc([PH+](c2ccccc2)c2cc3ccccc3cc2[PH+](c2ccccc2)c2ccccc2)cc1. The Bertz CT molecular complexity index is 3480. The monoisotopic (exact) mass is 1270 g/mol. The van der Waals surface area contributed by atoms with Crippen LogP contribution in [0.15, 0.2) is 251 Å². The molecule has 0 bridgehead atoms. The molecule has 0 aliphatic heterocycles. The van der Waals surface area contributed by atoms with Crippen molar-refractivity contribution in [2.75, 3.05) is 0 Å². The van der Waals surface area contributed by atoms with Gasteiger partial charge in [0, 0.05) is 21.5 Å². The Hall–Kier alpha value is -6.48. The number of rotatable bonds is 6. The maximum absolute atomic E-state index is 7.10. The first-order valence-electron chi connectivity index (χ1n) is 21.8. The minimum atomic E-state index is -1.23. The molecule has 2 aromatic heterocycles. The Balaban J connectivity index is 0.000000160. The zero-order valence-corrected chi connectivity index (χ0v) is 42.8. The second kappa shape index (κ2) is 22.5. The summed E-state index contributed by atoms with van der Waals surface area (Å²) in [5, 5.41) is 15.7. The predicted octanol–water partition coefficient (Wildman–Crippen LogP) is 12.9. The number of fused-ring (bicyclic) bond motifs is 7. The van der Waals surface area contributed by atoms with Crippen LogP contribution in [0, 0.1) is 24.7 Å². The summed E-state index contributed by atoms with van der Waals surface area (Å²) < 4.78 is 11.3. The van der Waals surface area contributed by atoms with Crippen molar-refractivity contribution in [3.8, 4) is 11.8 Å². The van der Waals surface area contributed by atoms with E-state index in [1.807, 2.05) is 84.9 Å². The first kappa shape index (κ1) is 48.0. The standard InChI is InChI=1S/C34H26P2.2C14H7O.2Au/c1-5-17-29(18-6-1)35(30-19-7-2-8-20-30)33-25-27-15-13-14-16-28(27)26-34(33)36(31-21-9-3-10-22-31)32-23-11-4-12-24-32;1-2-10-7-8-14-12(9-10)11-5-3-4-6-13(11)15-14;1-2-10-7-8-12-11-5-3-4-6-13(11)15-14(12)9-10;;/h1-26H;2*3-9H;;/q;2*-1;2*+1/p+2. The van der Waals surface area contributed by atoms with Crippen molar-refractivity contribution in [3.63, 3.8) is 0 Å². The van der Waals surface area contributed by atoms with Gasteiger partial charge in [0.15, 0.2) is 0 Å². The van der Waals surface area contributed by atoms with Gasteiger partial charge in [0.2, 0.25) is 0 Å². The first-order valence-corrected chi connectivity index (χ1v) is 24.8. The number of furan rings is 2. The Labute approximate surface area is 431 Å². The van der Waals surface area contributed by atoms with Gasteiger partial charge >= 0.3 is 44.8 Å². The van der Waals surface area contributed by atoms with E-state index in [-0.39, 0.29) is 44.8 Å². The molecule has 0 amide bonds. The van der Waals surface area contributed by atoms with Gasteiger partial charge in [0.25, 0.3) is 0 Å². The molecule has 0 spiro atoms. The smallest absolute Gasteiger partial charge is 0.458 e. The van der Waals surface area contributed by atoms with Gasteiger partial charge in [-0.05, 0) is 89.6 Å². The zero-order chi connectivity index (χ0) is 44.7. The Morgan fingerprint density at radius 3 is 1.09 bits per heavy atom. The normalized spacial score (nSPS) is 10.6. The number of hydrogen-bond donors (Lipinski definition) is 0. The summed E-state index contributed by atoms with van der Waals surface area (Å²) in [6.07, 6.45) is 14.2. The largest absolute Gasteiger partial charge is 1.00 e. The molecule has 0 aliphatic rings. The van der Waals surface area contributed by atoms with Crippen molar-refractivity contribution in [3.05, 3.63) is 267 Å². The third-order valence-corrected chi connectivity index (χ3v) is 17.5. The van der Waals surface area contributed by atoms with E-state index in [4.69, 9.17) is 21.7 Å². The molecule has 0 radical (unpaired) electrons. The molecule has 0 aliphatic carbocycles.